The molecule has 0 spiro atoms. The van der Waals surface area contributed by atoms with Gasteiger partial charge in [-0.2, -0.15) is 0 Å². The zero-order valence-electron chi connectivity index (χ0n) is 7.92. The van der Waals surface area contributed by atoms with Crippen molar-refractivity contribution in [2.24, 2.45) is 5.84 Å². The average molecular weight is 180 g/mol. The molecule has 1 atom stereocenters. The zero-order chi connectivity index (χ0) is 9.68. The summed E-state index contributed by atoms with van der Waals surface area (Å²) in [6.07, 6.45) is 3.71. The molecule has 1 aromatic rings. The van der Waals surface area contributed by atoms with Crippen LogP contribution in [0.1, 0.15) is 30.4 Å². The van der Waals surface area contributed by atoms with E-state index in [0.717, 1.165) is 24.4 Å². The van der Waals surface area contributed by atoms with Gasteiger partial charge in [-0.1, -0.05) is 6.08 Å². The van der Waals surface area contributed by atoms with Crippen LogP contribution < -0.4 is 11.3 Å². The quantitative estimate of drug-likeness (QED) is 0.414. The molecule has 1 unspecified atom stereocenters. The Labute approximate surface area is 78.6 Å². The van der Waals surface area contributed by atoms with E-state index in [-0.39, 0.29) is 6.04 Å². The zero-order valence-corrected chi connectivity index (χ0v) is 7.92. The van der Waals surface area contributed by atoms with Gasteiger partial charge in [-0.15, -0.1) is 6.58 Å². The molecule has 72 valence electrons. The molecule has 13 heavy (non-hydrogen) atoms. The summed E-state index contributed by atoms with van der Waals surface area (Å²) in [6.45, 7) is 5.59. The van der Waals surface area contributed by atoms with Gasteiger partial charge in [-0.3, -0.25) is 5.84 Å². The number of hydrogen-bond acceptors (Lipinski definition) is 3. The minimum atomic E-state index is 0.0895. The number of aryl methyl sites for hydroxylation is 1. The first-order valence-electron chi connectivity index (χ1n) is 4.41. The Kier molecular flexibility index (Phi) is 3.73. The molecular weight excluding hydrogens is 164 g/mol. The second-order valence-corrected chi connectivity index (χ2v) is 3.03. The Balaban J connectivity index is 2.60. The van der Waals surface area contributed by atoms with Crippen molar-refractivity contribution < 1.29 is 4.42 Å². The van der Waals surface area contributed by atoms with Gasteiger partial charge in [0.05, 0.1) is 6.04 Å². The number of hydrazine groups is 1. The summed E-state index contributed by atoms with van der Waals surface area (Å²) in [5, 5.41) is 0. The lowest BCUT2D eigenvalue weighted by Gasteiger charge is -2.11. The highest BCUT2D eigenvalue weighted by molar-refractivity contribution is 5.09. The fourth-order valence-corrected chi connectivity index (χ4v) is 1.23. The predicted molar refractivity (Wildman–Crippen MR) is 52.9 cm³/mol. The van der Waals surface area contributed by atoms with E-state index in [4.69, 9.17) is 10.3 Å². The summed E-state index contributed by atoms with van der Waals surface area (Å²) in [5.41, 5.74) is 2.72. The van der Waals surface area contributed by atoms with Gasteiger partial charge >= 0.3 is 0 Å². The molecule has 3 heteroatoms. The van der Waals surface area contributed by atoms with Crippen molar-refractivity contribution in [3.05, 3.63) is 36.3 Å². The van der Waals surface area contributed by atoms with E-state index < -0.39 is 0 Å². The smallest absolute Gasteiger partial charge is 0.122 e. The molecule has 0 aliphatic carbocycles. The molecule has 1 aromatic heterocycles. The third-order valence-electron chi connectivity index (χ3n) is 1.97. The molecule has 0 aromatic carbocycles. The van der Waals surface area contributed by atoms with E-state index in [0.29, 0.717) is 0 Å². The molecule has 3 nitrogen and oxygen atoms in total. The summed E-state index contributed by atoms with van der Waals surface area (Å²) >= 11 is 0. The molecule has 0 amide bonds. The molecule has 3 N–H and O–H groups in total. The SMILES string of the molecule is C=CCCC(NN)c1ccc(C)o1. The normalized spacial score (nSPS) is 12.8. The number of rotatable bonds is 5. The highest BCUT2D eigenvalue weighted by Gasteiger charge is 2.11. The van der Waals surface area contributed by atoms with E-state index in [1.807, 2.05) is 25.1 Å². The van der Waals surface area contributed by atoms with Gasteiger partial charge in [-0.25, -0.2) is 5.43 Å². The highest BCUT2D eigenvalue weighted by Crippen LogP contribution is 2.19. The van der Waals surface area contributed by atoms with Crippen LogP contribution in [0.15, 0.2) is 29.2 Å². The number of hydrogen-bond donors (Lipinski definition) is 2. The van der Waals surface area contributed by atoms with E-state index in [2.05, 4.69) is 12.0 Å². The monoisotopic (exact) mass is 180 g/mol. The van der Waals surface area contributed by atoms with Crippen molar-refractivity contribution in [2.45, 2.75) is 25.8 Å². The first-order chi connectivity index (χ1) is 6.27. The third kappa shape index (κ3) is 2.72. The lowest BCUT2D eigenvalue weighted by molar-refractivity contribution is 0.391. The van der Waals surface area contributed by atoms with Crippen LogP contribution >= 0.6 is 0 Å². The van der Waals surface area contributed by atoms with Crippen molar-refractivity contribution in [3.8, 4) is 0 Å². The Hall–Kier alpha value is -1.06. The first-order valence-corrected chi connectivity index (χ1v) is 4.41. The van der Waals surface area contributed by atoms with E-state index in [1.165, 1.54) is 0 Å². The Morgan fingerprint density at radius 1 is 1.69 bits per heavy atom. The van der Waals surface area contributed by atoms with Gasteiger partial charge in [0.1, 0.15) is 11.5 Å². The minimum absolute atomic E-state index is 0.0895. The molecule has 0 radical (unpaired) electrons. The highest BCUT2D eigenvalue weighted by atomic mass is 16.3. The molecule has 1 rings (SSSR count). The molecule has 0 fully saturated rings. The fourth-order valence-electron chi connectivity index (χ4n) is 1.23. The maximum absolute atomic E-state index is 5.46. The summed E-state index contributed by atoms with van der Waals surface area (Å²) in [6, 6.07) is 3.97. The maximum atomic E-state index is 5.46. The number of nitrogens with two attached hydrogens (primary N) is 1. The van der Waals surface area contributed by atoms with Crippen LogP contribution in [0.4, 0.5) is 0 Å². The van der Waals surface area contributed by atoms with Crippen molar-refractivity contribution in [1.82, 2.24) is 5.43 Å². The van der Waals surface area contributed by atoms with Crippen molar-refractivity contribution in [2.75, 3.05) is 0 Å². The van der Waals surface area contributed by atoms with Crippen LogP contribution in [0, 0.1) is 6.92 Å². The second kappa shape index (κ2) is 4.84. The van der Waals surface area contributed by atoms with E-state index in [9.17, 15) is 0 Å². The molecule has 0 aliphatic heterocycles. The summed E-state index contributed by atoms with van der Waals surface area (Å²) in [5.74, 6) is 7.21. The lowest BCUT2D eigenvalue weighted by Crippen LogP contribution is -2.27. The topological polar surface area (TPSA) is 51.2 Å². The molecular formula is C10H16N2O. The van der Waals surface area contributed by atoms with Crippen LogP contribution in [-0.2, 0) is 0 Å². The van der Waals surface area contributed by atoms with Crippen LogP contribution in [0.3, 0.4) is 0 Å². The molecule has 0 saturated carbocycles. The standard InChI is InChI=1S/C10H16N2O/c1-3-4-5-9(12-11)10-7-6-8(2)13-10/h3,6-7,9,12H,1,4-5,11H2,2H3. The van der Waals surface area contributed by atoms with Gasteiger partial charge in [-0.05, 0) is 31.9 Å². The largest absolute Gasteiger partial charge is 0.465 e. The second-order valence-electron chi connectivity index (χ2n) is 3.03. The minimum Gasteiger partial charge on any atom is -0.465 e. The third-order valence-corrected chi connectivity index (χ3v) is 1.97. The molecule has 0 bridgehead atoms. The maximum Gasteiger partial charge on any atom is 0.122 e. The molecule has 0 saturated heterocycles. The number of nitrogens with one attached hydrogen (secondary N) is 1. The number of furan rings is 1. The fraction of sp³-hybridized carbons (Fsp3) is 0.400. The van der Waals surface area contributed by atoms with Crippen LogP contribution in [0.5, 0.6) is 0 Å². The Morgan fingerprint density at radius 3 is 2.92 bits per heavy atom. The summed E-state index contributed by atoms with van der Waals surface area (Å²) in [7, 11) is 0. The van der Waals surface area contributed by atoms with E-state index in [1.54, 1.807) is 0 Å². The van der Waals surface area contributed by atoms with Gasteiger partial charge in [0.25, 0.3) is 0 Å². The van der Waals surface area contributed by atoms with Crippen LogP contribution in [0.2, 0.25) is 0 Å². The van der Waals surface area contributed by atoms with Crippen molar-refractivity contribution >= 4 is 0 Å². The van der Waals surface area contributed by atoms with Gasteiger partial charge in [0.2, 0.25) is 0 Å². The average Bonchev–Trinajstić information content (AvgIpc) is 2.54. The Morgan fingerprint density at radius 2 is 2.46 bits per heavy atom. The predicted octanol–water partition coefficient (Wildman–Crippen LogP) is 2.06. The van der Waals surface area contributed by atoms with Gasteiger partial charge in [0, 0.05) is 0 Å². The van der Waals surface area contributed by atoms with Crippen LogP contribution in [-0.4, -0.2) is 0 Å². The lowest BCUT2D eigenvalue weighted by atomic mass is 10.1. The molecule has 1 heterocycles. The summed E-state index contributed by atoms with van der Waals surface area (Å²) < 4.78 is 5.46. The van der Waals surface area contributed by atoms with Crippen molar-refractivity contribution in [3.63, 3.8) is 0 Å². The van der Waals surface area contributed by atoms with Crippen molar-refractivity contribution in [1.29, 1.82) is 0 Å². The first kappa shape index (κ1) is 10.0. The van der Waals surface area contributed by atoms with Crippen LogP contribution in [0.25, 0.3) is 0 Å². The summed E-state index contributed by atoms with van der Waals surface area (Å²) in [4.78, 5) is 0. The van der Waals surface area contributed by atoms with E-state index >= 15 is 0 Å². The number of allylic oxidation sites excluding steroid dienone is 1. The Bertz CT molecular complexity index is 268. The van der Waals surface area contributed by atoms with Gasteiger partial charge < -0.3 is 4.42 Å². The van der Waals surface area contributed by atoms with Gasteiger partial charge in [0.15, 0.2) is 0 Å². The molecule has 0 aliphatic rings.